The molecule has 1 amide bonds. The van der Waals surface area contributed by atoms with E-state index in [2.05, 4.69) is 23.8 Å². The number of carbonyl (C=O) groups excluding carboxylic acids is 1. The van der Waals surface area contributed by atoms with Gasteiger partial charge >= 0.3 is 0 Å². The highest BCUT2D eigenvalue weighted by Gasteiger charge is 2.34. The zero-order valence-electron chi connectivity index (χ0n) is 14.3. The molecule has 3 rings (SSSR count). The summed E-state index contributed by atoms with van der Waals surface area (Å²) in [6.45, 7) is 6.91. The van der Waals surface area contributed by atoms with E-state index in [4.69, 9.17) is 4.74 Å². The van der Waals surface area contributed by atoms with Gasteiger partial charge in [0.05, 0.1) is 12.5 Å². The highest BCUT2D eigenvalue weighted by Crippen LogP contribution is 2.35. The van der Waals surface area contributed by atoms with Crippen molar-refractivity contribution in [2.75, 3.05) is 39.8 Å². The van der Waals surface area contributed by atoms with Gasteiger partial charge in [0.25, 0.3) is 0 Å². The molecule has 4 heteroatoms. The minimum atomic E-state index is -0.0212. The topological polar surface area (TPSA) is 32.8 Å². The summed E-state index contributed by atoms with van der Waals surface area (Å²) in [5.74, 6) is 1.77. The minimum Gasteiger partial charge on any atom is -0.493 e. The van der Waals surface area contributed by atoms with Crippen LogP contribution in [0.2, 0.25) is 0 Å². The Morgan fingerprint density at radius 3 is 3.00 bits per heavy atom. The van der Waals surface area contributed by atoms with Gasteiger partial charge < -0.3 is 14.5 Å². The van der Waals surface area contributed by atoms with Gasteiger partial charge in [-0.15, -0.1) is 0 Å². The van der Waals surface area contributed by atoms with Crippen LogP contribution in [-0.2, 0) is 4.79 Å². The third-order valence-corrected chi connectivity index (χ3v) is 5.03. The highest BCUT2D eigenvalue weighted by atomic mass is 16.5. The van der Waals surface area contributed by atoms with Crippen LogP contribution in [0.25, 0.3) is 0 Å². The number of hydrogen-bond donors (Lipinski definition) is 0. The predicted octanol–water partition coefficient (Wildman–Crippen LogP) is 2.74. The number of benzene rings is 1. The lowest BCUT2D eigenvalue weighted by molar-refractivity contribution is -0.132. The van der Waals surface area contributed by atoms with Crippen LogP contribution in [0.5, 0.6) is 5.75 Å². The number of rotatable bonds is 5. The van der Waals surface area contributed by atoms with Gasteiger partial charge in [0.2, 0.25) is 5.91 Å². The molecule has 2 atom stereocenters. The zero-order valence-corrected chi connectivity index (χ0v) is 14.3. The number of para-hydroxylation sites is 1. The Labute approximate surface area is 139 Å². The van der Waals surface area contributed by atoms with Crippen LogP contribution >= 0.6 is 0 Å². The monoisotopic (exact) mass is 316 g/mol. The number of likely N-dealkylation sites (tertiary alicyclic amines) is 1. The predicted molar refractivity (Wildman–Crippen MR) is 91.8 cm³/mol. The van der Waals surface area contributed by atoms with Gasteiger partial charge in [0, 0.05) is 25.2 Å². The minimum absolute atomic E-state index is 0.0212. The second-order valence-electron chi connectivity index (χ2n) is 6.93. The second kappa shape index (κ2) is 7.35. The second-order valence-corrected chi connectivity index (χ2v) is 6.93. The van der Waals surface area contributed by atoms with Crippen LogP contribution in [0.4, 0.5) is 0 Å². The average Bonchev–Trinajstić information content (AvgIpc) is 3.02. The van der Waals surface area contributed by atoms with Gasteiger partial charge in [0.1, 0.15) is 5.75 Å². The number of hydrogen-bond acceptors (Lipinski definition) is 3. The van der Waals surface area contributed by atoms with Crippen LogP contribution in [0, 0.1) is 5.92 Å². The molecule has 0 bridgehead atoms. The Morgan fingerprint density at radius 1 is 1.35 bits per heavy atom. The Hall–Kier alpha value is -1.55. The molecule has 1 aromatic carbocycles. The highest BCUT2D eigenvalue weighted by molar-refractivity contribution is 5.85. The molecule has 0 spiro atoms. The maximum atomic E-state index is 13.0. The SMILES string of the molecule is CCCN(C)C[C@@H]1CCN(C(=O)[C@@H]2CCOc3ccccc32)C1. The summed E-state index contributed by atoms with van der Waals surface area (Å²) < 4.78 is 5.69. The molecule has 126 valence electrons. The standard InChI is InChI=1S/C19H28N2O2/c1-3-10-20(2)13-15-8-11-21(14-15)19(22)17-9-12-23-18-7-5-4-6-16(17)18/h4-7,15,17H,3,8-14H2,1-2H3/t15-,17+/m0/s1. The molecule has 1 saturated heterocycles. The van der Waals surface area contributed by atoms with Crippen LogP contribution in [0.15, 0.2) is 24.3 Å². The molecular formula is C19H28N2O2. The van der Waals surface area contributed by atoms with Crippen molar-refractivity contribution in [2.24, 2.45) is 5.92 Å². The van der Waals surface area contributed by atoms with Gasteiger partial charge in [-0.2, -0.15) is 0 Å². The lowest BCUT2D eigenvalue weighted by Gasteiger charge is -2.29. The Morgan fingerprint density at radius 2 is 2.17 bits per heavy atom. The Kier molecular flexibility index (Phi) is 5.21. The smallest absolute Gasteiger partial charge is 0.230 e. The molecule has 0 saturated carbocycles. The maximum Gasteiger partial charge on any atom is 0.230 e. The van der Waals surface area contributed by atoms with Crippen molar-refractivity contribution >= 4 is 5.91 Å². The first-order chi connectivity index (χ1) is 11.2. The van der Waals surface area contributed by atoms with E-state index in [1.165, 1.54) is 6.42 Å². The molecule has 1 aromatic rings. The van der Waals surface area contributed by atoms with Crippen LogP contribution < -0.4 is 4.74 Å². The van der Waals surface area contributed by atoms with Crippen molar-refractivity contribution in [1.29, 1.82) is 0 Å². The summed E-state index contributed by atoms with van der Waals surface area (Å²) in [6.07, 6.45) is 3.11. The van der Waals surface area contributed by atoms with Gasteiger partial charge in [-0.3, -0.25) is 4.79 Å². The Bertz CT molecular complexity index is 546. The number of fused-ring (bicyclic) bond motifs is 1. The van der Waals surface area contributed by atoms with E-state index in [0.717, 1.165) is 50.3 Å². The van der Waals surface area contributed by atoms with Crippen molar-refractivity contribution in [2.45, 2.75) is 32.1 Å². The molecule has 0 N–H and O–H groups in total. The first-order valence-electron chi connectivity index (χ1n) is 8.88. The average molecular weight is 316 g/mol. The van der Waals surface area contributed by atoms with E-state index < -0.39 is 0 Å². The van der Waals surface area contributed by atoms with E-state index in [-0.39, 0.29) is 5.92 Å². The molecular weight excluding hydrogens is 288 g/mol. The van der Waals surface area contributed by atoms with E-state index in [1.54, 1.807) is 0 Å². The molecule has 23 heavy (non-hydrogen) atoms. The van der Waals surface area contributed by atoms with Gasteiger partial charge in [-0.1, -0.05) is 25.1 Å². The first kappa shape index (κ1) is 16.3. The van der Waals surface area contributed by atoms with Crippen molar-refractivity contribution in [3.05, 3.63) is 29.8 Å². The van der Waals surface area contributed by atoms with Crippen molar-refractivity contribution < 1.29 is 9.53 Å². The quantitative estimate of drug-likeness (QED) is 0.837. The number of nitrogens with zero attached hydrogens (tertiary/aromatic N) is 2. The lowest BCUT2D eigenvalue weighted by Crippen LogP contribution is -2.36. The van der Waals surface area contributed by atoms with Crippen LogP contribution in [0.1, 0.15) is 37.7 Å². The third-order valence-electron chi connectivity index (χ3n) is 5.03. The number of amides is 1. The summed E-state index contributed by atoms with van der Waals surface area (Å²) in [7, 11) is 2.18. The molecule has 0 aliphatic carbocycles. The molecule has 2 heterocycles. The summed E-state index contributed by atoms with van der Waals surface area (Å²) in [5, 5.41) is 0. The van der Waals surface area contributed by atoms with E-state index >= 15 is 0 Å². The van der Waals surface area contributed by atoms with Gasteiger partial charge in [-0.25, -0.2) is 0 Å². The molecule has 2 aliphatic heterocycles. The van der Waals surface area contributed by atoms with Crippen molar-refractivity contribution in [1.82, 2.24) is 9.80 Å². The third kappa shape index (κ3) is 3.69. The fraction of sp³-hybridized carbons (Fsp3) is 0.632. The van der Waals surface area contributed by atoms with Crippen LogP contribution in [0.3, 0.4) is 0 Å². The fourth-order valence-corrected chi connectivity index (χ4v) is 3.91. The summed E-state index contributed by atoms with van der Waals surface area (Å²) in [5.41, 5.74) is 1.07. The zero-order chi connectivity index (χ0) is 16.2. The largest absolute Gasteiger partial charge is 0.493 e. The molecule has 0 aromatic heterocycles. The molecule has 2 aliphatic rings. The van der Waals surface area contributed by atoms with Crippen LogP contribution in [-0.4, -0.2) is 55.5 Å². The van der Waals surface area contributed by atoms with Crippen molar-refractivity contribution in [3.63, 3.8) is 0 Å². The number of ether oxygens (including phenoxy) is 1. The first-order valence-corrected chi connectivity index (χ1v) is 8.88. The Balaban J connectivity index is 1.62. The normalized spacial score (nSPS) is 23.7. The molecule has 4 nitrogen and oxygen atoms in total. The number of carbonyl (C=O) groups is 1. The lowest BCUT2D eigenvalue weighted by atomic mass is 9.92. The fourth-order valence-electron chi connectivity index (χ4n) is 3.91. The van der Waals surface area contributed by atoms with Gasteiger partial charge in [0.15, 0.2) is 0 Å². The summed E-state index contributed by atoms with van der Waals surface area (Å²) in [4.78, 5) is 17.4. The van der Waals surface area contributed by atoms with E-state index in [9.17, 15) is 4.79 Å². The molecule has 0 radical (unpaired) electrons. The van der Waals surface area contributed by atoms with Gasteiger partial charge in [-0.05, 0) is 44.8 Å². The van der Waals surface area contributed by atoms with E-state index in [0.29, 0.717) is 18.4 Å². The molecule has 0 unspecified atom stereocenters. The summed E-state index contributed by atoms with van der Waals surface area (Å²) in [6, 6.07) is 7.99. The van der Waals surface area contributed by atoms with Crippen molar-refractivity contribution in [3.8, 4) is 5.75 Å². The maximum absolute atomic E-state index is 13.0. The molecule has 1 fully saturated rings. The van der Waals surface area contributed by atoms with E-state index in [1.807, 2.05) is 24.3 Å². The summed E-state index contributed by atoms with van der Waals surface area (Å²) >= 11 is 0.